The molecule has 3 aromatic rings. The van der Waals surface area contributed by atoms with Crippen LogP contribution in [0.3, 0.4) is 0 Å². The summed E-state index contributed by atoms with van der Waals surface area (Å²) in [5, 5.41) is 4.13. The molecule has 7 heteroatoms. The molecule has 1 fully saturated rings. The Morgan fingerprint density at radius 2 is 2.04 bits per heavy atom. The Balaban J connectivity index is 1.76. The third-order valence-electron chi connectivity index (χ3n) is 4.61. The Kier molecular flexibility index (Phi) is 4.51. The van der Waals surface area contributed by atoms with Gasteiger partial charge in [-0.05, 0) is 44.4 Å². The van der Waals surface area contributed by atoms with Gasteiger partial charge < -0.3 is 14.6 Å². The van der Waals surface area contributed by atoms with Crippen molar-refractivity contribution in [1.82, 2.24) is 9.97 Å². The SMILES string of the molecule is Cc1oc2ncnc(N3CCCCC3)c2c1C(=O)Nc1cccc(Cl)c1. The minimum absolute atomic E-state index is 0.253. The molecule has 0 atom stereocenters. The van der Waals surface area contributed by atoms with Crippen molar-refractivity contribution in [2.75, 3.05) is 23.3 Å². The van der Waals surface area contributed by atoms with Crippen LogP contribution in [0.15, 0.2) is 35.0 Å². The molecule has 6 nitrogen and oxygen atoms in total. The Bertz CT molecular complexity index is 963. The Labute approximate surface area is 156 Å². The van der Waals surface area contributed by atoms with Crippen LogP contribution in [0.2, 0.25) is 5.02 Å². The summed E-state index contributed by atoms with van der Waals surface area (Å²) in [7, 11) is 0. The molecule has 0 saturated carbocycles. The Morgan fingerprint density at radius 1 is 1.23 bits per heavy atom. The van der Waals surface area contributed by atoms with E-state index >= 15 is 0 Å². The van der Waals surface area contributed by atoms with Crippen molar-refractivity contribution in [3.05, 3.63) is 46.9 Å². The number of hydrogen-bond donors (Lipinski definition) is 1. The van der Waals surface area contributed by atoms with Crippen LogP contribution in [0.25, 0.3) is 11.1 Å². The molecule has 4 rings (SSSR count). The summed E-state index contributed by atoms with van der Waals surface area (Å²) in [6.07, 6.45) is 4.95. The van der Waals surface area contributed by atoms with E-state index in [4.69, 9.17) is 16.0 Å². The third-order valence-corrected chi connectivity index (χ3v) is 4.84. The number of carbonyl (C=O) groups is 1. The summed E-state index contributed by atoms with van der Waals surface area (Å²) in [5.41, 5.74) is 1.54. The number of nitrogens with zero attached hydrogens (tertiary/aromatic N) is 3. The topological polar surface area (TPSA) is 71.3 Å². The molecule has 1 aliphatic rings. The minimum atomic E-state index is -0.253. The molecule has 0 unspecified atom stereocenters. The maximum atomic E-state index is 13.0. The van der Waals surface area contributed by atoms with Gasteiger partial charge in [0.25, 0.3) is 5.91 Å². The van der Waals surface area contributed by atoms with Gasteiger partial charge in [0, 0.05) is 23.8 Å². The number of hydrogen-bond acceptors (Lipinski definition) is 5. The van der Waals surface area contributed by atoms with Gasteiger partial charge in [-0.1, -0.05) is 17.7 Å². The lowest BCUT2D eigenvalue weighted by atomic mass is 10.1. The van der Waals surface area contributed by atoms with Crippen molar-refractivity contribution in [2.24, 2.45) is 0 Å². The number of fused-ring (bicyclic) bond motifs is 1. The summed E-state index contributed by atoms with van der Waals surface area (Å²) in [4.78, 5) is 23.9. The van der Waals surface area contributed by atoms with Crippen LogP contribution in [0.1, 0.15) is 35.4 Å². The summed E-state index contributed by atoms with van der Waals surface area (Å²) in [5.74, 6) is 1.04. The number of amides is 1. The maximum absolute atomic E-state index is 13.0. The van der Waals surface area contributed by atoms with Crippen molar-refractivity contribution in [1.29, 1.82) is 0 Å². The van der Waals surface area contributed by atoms with E-state index in [1.165, 1.54) is 12.7 Å². The number of furan rings is 1. The molecule has 26 heavy (non-hydrogen) atoms. The quantitative estimate of drug-likeness (QED) is 0.738. The molecule has 1 aromatic carbocycles. The first-order chi connectivity index (χ1) is 12.6. The number of piperidine rings is 1. The van der Waals surface area contributed by atoms with E-state index in [1.54, 1.807) is 31.2 Å². The van der Waals surface area contributed by atoms with Crippen LogP contribution in [0, 0.1) is 6.92 Å². The zero-order chi connectivity index (χ0) is 18.1. The maximum Gasteiger partial charge on any atom is 0.260 e. The second-order valence-electron chi connectivity index (χ2n) is 6.42. The molecule has 3 heterocycles. The molecule has 1 aliphatic heterocycles. The van der Waals surface area contributed by atoms with Crippen LogP contribution in [-0.4, -0.2) is 29.0 Å². The van der Waals surface area contributed by atoms with Crippen LogP contribution in [-0.2, 0) is 0 Å². The fourth-order valence-electron chi connectivity index (χ4n) is 3.41. The van der Waals surface area contributed by atoms with Crippen LogP contribution >= 0.6 is 11.6 Å². The van der Waals surface area contributed by atoms with Gasteiger partial charge in [-0.3, -0.25) is 4.79 Å². The second kappa shape index (κ2) is 6.96. The van der Waals surface area contributed by atoms with Gasteiger partial charge in [0.05, 0.1) is 10.9 Å². The molecular formula is C19H19ClN4O2. The normalized spacial score (nSPS) is 14.6. The first-order valence-electron chi connectivity index (χ1n) is 8.69. The first kappa shape index (κ1) is 16.8. The average Bonchev–Trinajstić information content (AvgIpc) is 2.98. The van der Waals surface area contributed by atoms with Crippen molar-refractivity contribution in [3.8, 4) is 0 Å². The highest BCUT2D eigenvalue weighted by molar-refractivity contribution is 6.31. The van der Waals surface area contributed by atoms with Crippen molar-refractivity contribution in [3.63, 3.8) is 0 Å². The second-order valence-corrected chi connectivity index (χ2v) is 6.86. The molecule has 0 radical (unpaired) electrons. The smallest absolute Gasteiger partial charge is 0.260 e. The van der Waals surface area contributed by atoms with Gasteiger partial charge >= 0.3 is 0 Å². The molecule has 1 N–H and O–H groups in total. The van der Waals surface area contributed by atoms with Gasteiger partial charge in [-0.2, -0.15) is 0 Å². The van der Waals surface area contributed by atoms with Gasteiger partial charge in [-0.15, -0.1) is 0 Å². The summed E-state index contributed by atoms with van der Waals surface area (Å²) in [6, 6.07) is 7.06. The van der Waals surface area contributed by atoms with Crippen LogP contribution in [0.5, 0.6) is 0 Å². The van der Waals surface area contributed by atoms with E-state index in [9.17, 15) is 4.79 Å². The number of carbonyl (C=O) groups excluding carboxylic acids is 1. The summed E-state index contributed by atoms with van der Waals surface area (Å²) >= 11 is 6.01. The molecule has 0 spiro atoms. The lowest BCUT2D eigenvalue weighted by Gasteiger charge is -2.28. The number of benzene rings is 1. The fraction of sp³-hybridized carbons (Fsp3) is 0.316. The minimum Gasteiger partial charge on any atom is -0.442 e. The number of aryl methyl sites for hydroxylation is 1. The number of halogens is 1. The van der Waals surface area contributed by atoms with Gasteiger partial charge in [-0.25, -0.2) is 9.97 Å². The monoisotopic (exact) mass is 370 g/mol. The number of nitrogens with one attached hydrogen (secondary N) is 1. The molecule has 0 aliphatic carbocycles. The van der Waals surface area contributed by atoms with E-state index in [2.05, 4.69) is 20.2 Å². The lowest BCUT2D eigenvalue weighted by molar-refractivity contribution is 0.102. The van der Waals surface area contributed by atoms with E-state index in [0.29, 0.717) is 33.1 Å². The molecule has 0 bridgehead atoms. The van der Waals surface area contributed by atoms with E-state index in [-0.39, 0.29) is 5.91 Å². The van der Waals surface area contributed by atoms with Crippen molar-refractivity contribution in [2.45, 2.75) is 26.2 Å². The predicted octanol–water partition coefficient (Wildman–Crippen LogP) is 4.43. The van der Waals surface area contributed by atoms with E-state index < -0.39 is 0 Å². The number of anilines is 2. The standard InChI is InChI=1S/C19H19ClN4O2/c1-12-15(18(25)23-14-7-5-6-13(20)10-14)16-17(21-11-22-19(16)26-12)24-8-3-2-4-9-24/h5-7,10-11H,2-4,8-9H2,1H3,(H,23,25). The van der Waals surface area contributed by atoms with Crippen molar-refractivity contribution >= 4 is 40.1 Å². The number of aromatic nitrogens is 2. The fourth-order valence-corrected chi connectivity index (χ4v) is 3.60. The van der Waals surface area contributed by atoms with E-state index in [1.807, 2.05) is 0 Å². The molecule has 134 valence electrons. The predicted molar refractivity (Wildman–Crippen MR) is 102 cm³/mol. The largest absolute Gasteiger partial charge is 0.442 e. The molecular weight excluding hydrogens is 352 g/mol. The number of rotatable bonds is 3. The average molecular weight is 371 g/mol. The summed E-state index contributed by atoms with van der Waals surface area (Å²) < 4.78 is 5.75. The van der Waals surface area contributed by atoms with Gasteiger partial charge in [0.15, 0.2) is 0 Å². The molecule has 1 saturated heterocycles. The highest BCUT2D eigenvalue weighted by Crippen LogP contribution is 2.33. The summed E-state index contributed by atoms with van der Waals surface area (Å²) in [6.45, 7) is 3.62. The molecule has 1 amide bonds. The highest BCUT2D eigenvalue weighted by atomic mass is 35.5. The lowest BCUT2D eigenvalue weighted by Crippen LogP contribution is -2.30. The van der Waals surface area contributed by atoms with E-state index in [0.717, 1.165) is 31.7 Å². The van der Waals surface area contributed by atoms with Crippen molar-refractivity contribution < 1.29 is 9.21 Å². The van der Waals surface area contributed by atoms with Crippen LogP contribution in [0.4, 0.5) is 11.5 Å². The Morgan fingerprint density at radius 3 is 2.81 bits per heavy atom. The van der Waals surface area contributed by atoms with Gasteiger partial charge in [0.1, 0.15) is 17.9 Å². The first-order valence-corrected chi connectivity index (χ1v) is 9.07. The Hall–Kier alpha value is -2.60. The molecule has 2 aromatic heterocycles. The zero-order valence-electron chi connectivity index (χ0n) is 14.5. The zero-order valence-corrected chi connectivity index (χ0v) is 15.2. The van der Waals surface area contributed by atoms with Crippen LogP contribution < -0.4 is 10.2 Å². The van der Waals surface area contributed by atoms with Gasteiger partial charge in [0.2, 0.25) is 5.71 Å². The highest BCUT2D eigenvalue weighted by Gasteiger charge is 2.25. The third kappa shape index (κ3) is 3.12.